The number of nitrogens with two attached hydrogens (primary N) is 1. The molecular formula is C14H22ClN3O3. The minimum Gasteiger partial charge on any atom is -0.459 e. The molecule has 6 nitrogen and oxygen atoms in total. The molecule has 1 aliphatic carbocycles. The normalized spacial score (nSPS) is 16.5. The molecule has 7 heteroatoms. The zero-order chi connectivity index (χ0) is 14.6. The SMILES string of the molecule is CC(CN)(NC(=O)CCNC(=O)c1ccco1)C1CC1.Cl. The van der Waals surface area contributed by atoms with Crippen molar-refractivity contribution in [2.75, 3.05) is 13.1 Å². The lowest BCUT2D eigenvalue weighted by Gasteiger charge is -2.29. The summed E-state index contributed by atoms with van der Waals surface area (Å²) in [6.45, 7) is 2.68. The third kappa shape index (κ3) is 4.75. The van der Waals surface area contributed by atoms with Gasteiger partial charge in [-0.15, -0.1) is 12.4 Å². The van der Waals surface area contributed by atoms with Crippen molar-refractivity contribution >= 4 is 24.2 Å². The number of halogens is 1. The molecule has 118 valence electrons. The van der Waals surface area contributed by atoms with Crippen LogP contribution >= 0.6 is 12.4 Å². The van der Waals surface area contributed by atoms with Crippen molar-refractivity contribution in [1.29, 1.82) is 0 Å². The number of carbonyl (C=O) groups is 2. The van der Waals surface area contributed by atoms with Crippen molar-refractivity contribution in [2.24, 2.45) is 11.7 Å². The highest BCUT2D eigenvalue weighted by atomic mass is 35.5. The minimum atomic E-state index is -0.317. The Labute approximate surface area is 130 Å². The van der Waals surface area contributed by atoms with Gasteiger partial charge in [0, 0.05) is 19.5 Å². The first-order valence-corrected chi connectivity index (χ1v) is 6.88. The van der Waals surface area contributed by atoms with Gasteiger partial charge < -0.3 is 20.8 Å². The Morgan fingerprint density at radius 2 is 2.19 bits per heavy atom. The van der Waals surface area contributed by atoms with E-state index in [0.717, 1.165) is 12.8 Å². The van der Waals surface area contributed by atoms with Crippen LogP contribution in [0.1, 0.15) is 36.7 Å². The lowest BCUT2D eigenvalue weighted by atomic mass is 9.96. The fourth-order valence-electron chi connectivity index (χ4n) is 2.21. The van der Waals surface area contributed by atoms with E-state index in [9.17, 15) is 9.59 Å². The van der Waals surface area contributed by atoms with Gasteiger partial charge in [-0.1, -0.05) is 0 Å². The maximum Gasteiger partial charge on any atom is 0.286 e. The zero-order valence-corrected chi connectivity index (χ0v) is 12.9. The summed E-state index contributed by atoms with van der Waals surface area (Å²) in [6.07, 6.45) is 3.89. The van der Waals surface area contributed by atoms with Crippen molar-refractivity contribution in [1.82, 2.24) is 10.6 Å². The van der Waals surface area contributed by atoms with Crippen molar-refractivity contribution < 1.29 is 14.0 Å². The second kappa shape index (κ2) is 7.47. The van der Waals surface area contributed by atoms with Crippen LogP contribution in [0.4, 0.5) is 0 Å². The second-order valence-corrected chi connectivity index (χ2v) is 5.43. The fraction of sp³-hybridized carbons (Fsp3) is 0.571. The van der Waals surface area contributed by atoms with Crippen LogP contribution in [0.5, 0.6) is 0 Å². The van der Waals surface area contributed by atoms with Gasteiger partial charge in [0.1, 0.15) is 0 Å². The van der Waals surface area contributed by atoms with E-state index in [1.165, 1.54) is 6.26 Å². The molecule has 2 amide bonds. The standard InChI is InChI=1S/C14H21N3O3.ClH/c1-14(9-15,10-4-5-10)17-12(18)6-7-16-13(19)11-3-2-8-20-11;/h2-3,8,10H,4-7,9,15H2,1H3,(H,16,19)(H,17,18);1H. The maximum atomic E-state index is 11.9. The Kier molecular flexibility index (Phi) is 6.23. The van der Waals surface area contributed by atoms with Gasteiger partial charge in [-0.05, 0) is 37.8 Å². The second-order valence-electron chi connectivity index (χ2n) is 5.43. The number of hydrogen-bond donors (Lipinski definition) is 3. The van der Waals surface area contributed by atoms with Crippen LogP contribution in [0.3, 0.4) is 0 Å². The van der Waals surface area contributed by atoms with Crippen LogP contribution in [0, 0.1) is 5.92 Å². The van der Waals surface area contributed by atoms with Crippen LogP contribution in [0.25, 0.3) is 0 Å². The first-order chi connectivity index (χ1) is 9.55. The molecule has 0 aromatic carbocycles. The van der Waals surface area contributed by atoms with Gasteiger partial charge in [0.25, 0.3) is 5.91 Å². The molecule has 1 heterocycles. The molecule has 1 aromatic rings. The van der Waals surface area contributed by atoms with E-state index in [2.05, 4.69) is 10.6 Å². The topological polar surface area (TPSA) is 97.4 Å². The van der Waals surface area contributed by atoms with Crippen molar-refractivity contribution in [3.05, 3.63) is 24.2 Å². The highest BCUT2D eigenvalue weighted by Gasteiger charge is 2.41. The predicted octanol–water partition coefficient (Wildman–Crippen LogP) is 1.06. The van der Waals surface area contributed by atoms with Gasteiger partial charge in [0.2, 0.25) is 5.91 Å². The van der Waals surface area contributed by atoms with Gasteiger partial charge in [-0.2, -0.15) is 0 Å². The van der Waals surface area contributed by atoms with E-state index in [4.69, 9.17) is 10.2 Å². The number of nitrogens with one attached hydrogen (secondary N) is 2. The first-order valence-electron chi connectivity index (χ1n) is 6.88. The summed E-state index contributed by atoms with van der Waals surface area (Å²) < 4.78 is 4.96. The average Bonchev–Trinajstić information content (AvgIpc) is 3.14. The van der Waals surface area contributed by atoms with Crippen LogP contribution in [-0.4, -0.2) is 30.4 Å². The Morgan fingerprint density at radius 1 is 1.48 bits per heavy atom. The largest absolute Gasteiger partial charge is 0.459 e. The molecule has 1 saturated carbocycles. The molecular weight excluding hydrogens is 294 g/mol. The number of amides is 2. The van der Waals surface area contributed by atoms with Crippen molar-refractivity contribution in [3.8, 4) is 0 Å². The highest BCUT2D eigenvalue weighted by molar-refractivity contribution is 5.91. The number of hydrogen-bond acceptors (Lipinski definition) is 4. The predicted molar refractivity (Wildman–Crippen MR) is 81.2 cm³/mol. The lowest BCUT2D eigenvalue weighted by Crippen LogP contribution is -2.53. The van der Waals surface area contributed by atoms with Gasteiger partial charge in [-0.25, -0.2) is 0 Å². The summed E-state index contributed by atoms with van der Waals surface area (Å²) in [5.74, 6) is 0.320. The van der Waals surface area contributed by atoms with Crippen LogP contribution in [0.2, 0.25) is 0 Å². The summed E-state index contributed by atoms with van der Waals surface area (Å²) in [6, 6.07) is 3.22. The van der Waals surface area contributed by atoms with Crippen LogP contribution in [0.15, 0.2) is 22.8 Å². The van der Waals surface area contributed by atoms with E-state index in [1.54, 1.807) is 12.1 Å². The molecule has 4 N–H and O–H groups in total. The summed E-state index contributed by atoms with van der Waals surface area (Å²) in [7, 11) is 0. The van der Waals surface area contributed by atoms with Crippen LogP contribution in [-0.2, 0) is 4.79 Å². The molecule has 0 spiro atoms. The Morgan fingerprint density at radius 3 is 2.71 bits per heavy atom. The monoisotopic (exact) mass is 315 g/mol. The lowest BCUT2D eigenvalue weighted by molar-refractivity contribution is -0.122. The summed E-state index contributed by atoms with van der Waals surface area (Å²) in [5, 5.41) is 5.61. The van der Waals surface area contributed by atoms with Gasteiger partial charge >= 0.3 is 0 Å². The summed E-state index contributed by atoms with van der Waals surface area (Å²) in [4.78, 5) is 23.5. The third-order valence-electron chi connectivity index (χ3n) is 3.71. The number of furan rings is 1. The number of rotatable bonds is 7. The molecule has 0 aliphatic heterocycles. The average molecular weight is 316 g/mol. The van der Waals surface area contributed by atoms with E-state index < -0.39 is 0 Å². The first kappa shape index (κ1) is 17.5. The van der Waals surface area contributed by atoms with Gasteiger partial charge in [0.15, 0.2) is 5.76 Å². The smallest absolute Gasteiger partial charge is 0.286 e. The van der Waals surface area contributed by atoms with Gasteiger partial charge in [0.05, 0.1) is 11.8 Å². The van der Waals surface area contributed by atoms with E-state index >= 15 is 0 Å². The summed E-state index contributed by atoms with van der Waals surface area (Å²) in [5.41, 5.74) is 5.42. The molecule has 0 bridgehead atoms. The van der Waals surface area contributed by atoms with Crippen molar-refractivity contribution in [2.45, 2.75) is 31.7 Å². The Bertz CT molecular complexity index is 474. The maximum absolute atomic E-state index is 11.9. The Balaban J connectivity index is 0.00000220. The molecule has 21 heavy (non-hydrogen) atoms. The third-order valence-corrected chi connectivity index (χ3v) is 3.71. The molecule has 1 aliphatic rings. The molecule has 1 atom stereocenters. The molecule has 0 saturated heterocycles. The molecule has 1 aromatic heterocycles. The molecule has 0 radical (unpaired) electrons. The number of carbonyl (C=O) groups excluding carboxylic acids is 2. The molecule has 2 rings (SSSR count). The van der Waals surface area contributed by atoms with Crippen molar-refractivity contribution in [3.63, 3.8) is 0 Å². The summed E-state index contributed by atoms with van der Waals surface area (Å²) >= 11 is 0. The zero-order valence-electron chi connectivity index (χ0n) is 12.1. The quantitative estimate of drug-likeness (QED) is 0.701. The molecule has 1 fully saturated rings. The Hall–Kier alpha value is -1.53. The fourth-order valence-corrected chi connectivity index (χ4v) is 2.21. The minimum absolute atomic E-state index is 0. The van der Waals surface area contributed by atoms with E-state index in [-0.39, 0.29) is 48.5 Å². The van der Waals surface area contributed by atoms with Crippen LogP contribution < -0.4 is 16.4 Å². The van der Waals surface area contributed by atoms with E-state index in [1.807, 2.05) is 6.92 Å². The van der Waals surface area contributed by atoms with Gasteiger partial charge in [-0.3, -0.25) is 9.59 Å². The molecule has 1 unspecified atom stereocenters. The van der Waals surface area contributed by atoms with E-state index in [0.29, 0.717) is 12.5 Å². The highest BCUT2D eigenvalue weighted by Crippen LogP contribution is 2.38.